The van der Waals surface area contributed by atoms with Gasteiger partial charge in [-0.15, -0.1) is 11.6 Å². The Hall–Kier alpha value is -1.42. The molecule has 0 radical (unpaired) electrons. The number of hydrogen-bond acceptors (Lipinski definition) is 3. The molecular weight excluding hydrogens is 242 g/mol. The molecule has 0 atom stereocenters. The topological polar surface area (TPSA) is 58.6 Å². The van der Waals surface area contributed by atoms with Gasteiger partial charge in [0.25, 0.3) is 5.91 Å². The third-order valence-electron chi connectivity index (χ3n) is 2.30. The van der Waals surface area contributed by atoms with E-state index in [-0.39, 0.29) is 17.2 Å². The zero-order chi connectivity index (χ0) is 12.7. The van der Waals surface area contributed by atoms with Crippen molar-refractivity contribution in [2.24, 2.45) is 0 Å². The van der Waals surface area contributed by atoms with Crippen molar-refractivity contribution in [3.05, 3.63) is 23.8 Å². The number of phenolic OH excluding ortho intramolecular Hbond substituents is 1. The number of methoxy groups -OCH3 is 1. The summed E-state index contributed by atoms with van der Waals surface area (Å²) in [5, 5.41) is 12.3. The zero-order valence-electron chi connectivity index (χ0n) is 9.70. The summed E-state index contributed by atoms with van der Waals surface area (Å²) >= 11 is 5.53. The van der Waals surface area contributed by atoms with Crippen molar-refractivity contribution >= 4 is 17.5 Å². The van der Waals surface area contributed by atoms with Crippen LogP contribution in [0.3, 0.4) is 0 Å². The fourth-order valence-electron chi connectivity index (χ4n) is 1.35. The number of rotatable bonds is 6. The number of carbonyl (C=O) groups is 1. The second-order valence-electron chi connectivity index (χ2n) is 3.54. The molecule has 1 rings (SSSR count). The van der Waals surface area contributed by atoms with E-state index < -0.39 is 0 Å². The molecule has 4 nitrogen and oxygen atoms in total. The molecule has 1 amide bonds. The fourth-order valence-corrected chi connectivity index (χ4v) is 1.54. The smallest absolute Gasteiger partial charge is 0.255 e. The van der Waals surface area contributed by atoms with Gasteiger partial charge in [-0.25, -0.2) is 0 Å². The summed E-state index contributed by atoms with van der Waals surface area (Å²) in [4.78, 5) is 11.7. The first-order valence-corrected chi connectivity index (χ1v) is 5.93. The van der Waals surface area contributed by atoms with E-state index >= 15 is 0 Å². The van der Waals surface area contributed by atoms with Crippen LogP contribution in [0.2, 0.25) is 0 Å². The zero-order valence-corrected chi connectivity index (χ0v) is 10.5. The normalized spacial score (nSPS) is 10.0. The summed E-state index contributed by atoms with van der Waals surface area (Å²) in [6.07, 6.45) is 1.68. The SMILES string of the molecule is COc1ccc(C(=O)NCCCCCl)c(O)c1. The minimum Gasteiger partial charge on any atom is -0.507 e. The van der Waals surface area contributed by atoms with Gasteiger partial charge >= 0.3 is 0 Å². The molecule has 0 aliphatic rings. The average molecular weight is 258 g/mol. The van der Waals surface area contributed by atoms with Crippen molar-refractivity contribution in [3.8, 4) is 11.5 Å². The lowest BCUT2D eigenvalue weighted by atomic mass is 10.1. The van der Waals surface area contributed by atoms with Crippen LogP contribution in [-0.2, 0) is 0 Å². The maximum absolute atomic E-state index is 11.7. The van der Waals surface area contributed by atoms with Gasteiger partial charge in [0, 0.05) is 18.5 Å². The summed E-state index contributed by atoms with van der Waals surface area (Å²) in [6, 6.07) is 4.58. The number of alkyl halides is 1. The van der Waals surface area contributed by atoms with Crippen LogP contribution in [0.15, 0.2) is 18.2 Å². The number of benzene rings is 1. The second kappa shape index (κ2) is 7.01. The second-order valence-corrected chi connectivity index (χ2v) is 3.91. The quantitative estimate of drug-likeness (QED) is 0.606. The minimum atomic E-state index is -0.292. The predicted molar refractivity (Wildman–Crippen MR) is 66.9 cm³/mol. The van der Waals surface area contributed by atoms with Gasteiger partial charge in [-0.1, -0.05) is 0 Å². The highest BCUT2D eigenvalue weighted by molar-refractivity contribution is 6.17. The Morgan fingerprint density at radius 2 is 2.24 bits per heavy atom. The van der Waals surface area contributed by atoms with Crippen LogP contribution >= 0.6 is 11.6 Å². The maximum atomic E-state index is 11.7. The first kappa shape index (κ1) is 13.6. The summed E-state index contributed by atoms with van der Waals surface area (Å²) < 4.78 is 4.94. The van der Waals surface area contributed by atoms with Crippen molar-refractivity contribution in [3.63, 3.8) is 0 Å². The number of halogens is 1. The van der Waals surface area contributed by atoms with Crippen LogP contribution in [0.1, 0.15) is 23.2 Å². The summed E-state index contributed by atoms with van der Waals surface area (Å²) in [6.45, 7) is 0.553. The highest BCUT2D eigenvalue weighted by atomic mass is 35.5. The van der Waals surface area contributed by atoms with Crippen LogP contribution in [0.4, 0.5) is 0 Å². The molecular formula is C12H16ClNO3. The minimum absolute atomic E-state index is 0.0841. The van der Waals surface area contributed by atoms with Crippen LogP contribution in [-0.4, -0.2) is 30.5 Å². The molecule has 0 aliphatic carbocycles. The van der Waals surface area contributed by atoms with Crippen molar-refractivity contribution in [1.29, 1.82) is 0 Å². The van der Waals surface area contributed by atoms with Gasteiger partial charge in [-0.05, 0) is 25.0 Å². The summed E-state index contributed by atoms with van der Waals surface area (Å²) in [5.74, 6) is 0.726. The number of unbranched alkanes of at least 4 members (excludes halogenated alkanes) is 1. The number of phenols is 1. The van der Waals surface area contributed by atoms with E-state index in [1.807, 2.05) is 0 Å². The molecule has 17 heavy (non-hydrogen) atoms. The largest absolute Gasteiger partial charge is 0.507 e. The van der Waals surface area contributed by atoms with Crippen LogP contribution in [0.25, 0.3) is 0 Å². The average Bonchev–Trinajstić information content (AvgIpc) is 2.34. The predicted octanol–water partition coefficient (Wildman–Crippen LogP) is 2.15. The van der Waals surface area contributed by atoms with Gasteiger partial charge in [0.05, 0.1) is 12.7 Å². The number of aromatic hydroxyl groups is 1. The van der Waals surface area contributed by atoms with Crippen molar-refractivity contribution in [1.82, 2.24) is 5.32 Å². The Kier molecular flexibility index (Phi) is 5.63. The summed E-state index contributed by atoms with van der Waals surface area (Å²) in [7, 11) is 1.50. The maximum Gasteiger partial charge on any atom is 0.255 e. The molecule has 0 aliphatic heterocycles. The van der Waals surface area contributed by atoms with E-state index in [1.165, 1.54) is 19.2 Å². The molecule has 1 aromatic carbocycles. The van der Waals surface area contributed by atoms with Gasteiger partial charge in [0.15, 0.2) is 0 Å². The molecule has 0 aromatic heterocycles. The third-order valence-corrected chi connectivity index (χ3v) is 2.56. The number of ether oxygens (including phenoxy) is 1. The molecule has 0 saturated heterocycles. The molecule has 0 bridgehead atoms. The highest BCUT2D eigenvalue weighted by Gasteiger charge is 2.10. The number of nitrogens with one attached hydrogen (secondary N) is 1. The number of amides is 1. The molecule has 0 heterocycles. The molecule has 2 N–H and O–H groups in total. The molecule has 1 aromatic rings. The summed E-state index contributed by atoms with van der Waals surface area (Å²) in [5.41, 5.74) is 0.247. The van der Waals surface area contributed by atoms with E-state index in [0.29, 0.717) is 18.2 Å². The van der Waals surface area contributed by atoms with Crippen molar-refractivity contribution < 1.29 is 14.6 Å². The van der Waals surface area contributed by atoms with E-state index in [2.05, 4.69) is 5.32 Å². The third kappa shape index (κ3) is 4.15. The first-order chi connectivity index (χ1) is 8.19. The van der Waals surface area contributed by atoms with Crippen LogP contribution < -0.4 is 10.1 Å². The Morgan fingerprint density at radius 3 is 2.82 bits per heavy atom. The fraction of sp³-hybridized carbons (Fsp3) is 0.417. The van der Waals surface area contributed by atoms with Crippen LogP contribution in [0, 0.1) is 0 Å². The van der Waals surface area contributed by atoms with E-state index in [0.717, 1.165) is 12.8 Å². The standard InChI is InChI=1S/C12H16ClNO3/c1-17-9-4-5-10(11(15)8-9)12(16)14-7-3-2-6-13/h4-5,8,15H,2-3,6-7H2,1H3,(H,14,16). The molecule has 94 valence electrons. The Balaban J connectivity index is 2.57. The first-order valence-electron chi connectivity index (χ1n) is 5.40. The van der Waals surface area contributed by atoms with Gasteiger partial charge in [0.1, 0.15) is 11.5 Å². The lowest BCUT2D eigenvalue weighted by Crippen LogP contribution is -2.24. The van der Waals surface area contributed by atoms with Crippen LogP contribution in [0.5, 0.6) is 11.5 Å². The highest BCUT2D eigenvalue weighted by Crippen LogP contribution is 2.23. The Morgan fingerprint density at radius 1 is 1.47 bits per heavy atom. The van der Waals surface area contributed by atoms with E-state index in [1.54, 1.807) is 6.07 Å². The Labute approximate surface area is 106 Å². The van der Waals surface area contributed by atoms with E-state index in [9.17, 15) is 9.90 Å². The lowest BCUT2D eigenvalue weighted by molar-refractivity contribution is 0.0950. The molecule has 0 unspecified atom stereocenters. The lowest BCUT2D eigenvalue weighted by Gasteiger charge is -2.07. The molecule has 5 heteroatoms. The monoisotopic (exact) mass is 257 g/mol. The van der Waals surface area contributed by atoms with E-state index in [4.69, 9.17) is 16.3 Å². The van der Waals surface area contributed by atoms with Crippen molar-refractivity contribution in [2.75, 3.05) is 19.5 Å². The van der Waals surface area contributed by atoms with Crippen molar-refractivity contribution in [2.45, 2.75) is 12.8 Å². The number of hydrogen-bond donors (Lipinski definition) is 2. The number of carbonyl (C=O) groups excluding carboxylic acids is 1. The van der Waals surface area contributed by atoms with Gasteiger partial charge in [0.2, 0.25) is 0 Å². The molecule has 0 saturated carbocycles. The molecule has 0 fully saturated rings. The Bertz CT molecular complexity index is 382. The van der Waals surface area contributed by atoms with Gasteiger partial charge in [-0.3, -0.25) is 4.79 Å². The molecule has 0 spiro atoms. The van der Waals surface area contributed by atoms with Gasteiger partial charge < -0.3 is 15.2 Å². The van der Waals surface area contributed by atoms with Gasteiger partial charge in [-0.2, -0.15) is 0 Å².